The summed E-state index contributed by atoms with van der Waals surface area (Å²) in [6.45, 7) is -2.26. The summed E-state index contributed by atoms with van der Waals surface area (Å²) in [4.78, 5) is 109. The maximum absolute atomic E-state index is 13.4. The molecule has 1 fully saturated rings. The largest absolute Gasteiger partial charge is 0.459 e. The minimum absolute atomic E-state index is 0.0107. The molecule has 0 radical (unpaired) electrons. The minimum atomic E-state index is -1.62. The van der Waals surface area contributed by atoms with Gasteiger partial charge in [-0.1, -0.05) is 5.16 Å². The highest BCUT2D eigenvalue weighted by Crippen LogP contribution is 2.22. The number of esters is 2. The van der Waals surface area contributed by atoms with Gasteiger partial charge in [0, 0.05) is 29.6 Å². The summed E-state index contributed by atoms with van der Waals surface area (Å²) < 4.78 is 10.0. The Morgan fingerprint density at radius 3 is 1.98 bits per heavy atom. The molecule has 0 saturated carbocycles. The van der Waals surface area contributed by atoms with Crippen molar-refractivity contribution in [2.75, 3.05) is 24.4 Å². The third kappa shape index (κ3) is 10.7. The van der Waals surface area contributed by atoms with Crippen molar-refractivity contribution in [3.63, 3.8) is 0 Å². The Morgan fingerprint density at radius 2 is 1.47 bits per heavy atom. The number of aromatic nitrogens is 1. The average Bonchev–Trinajstić information content (AvgIpc) is 3.59. The van der Waals surface area contributed by atoms with Crippen molar-refractivity contribution in [2.45, 2.75) is 25.3 Å². The van der Waals surface area contributed by atoms with Gasteiger partial charge in [-0.05, 0) is 35.4 Å². The van der Waals surface area contributed by atoms with Gasteiger partial charge in [-0.15, -0.1) is 22.9 Å². The number of non-ortho nitro benzene ring substituents is 2. The predicted molar refractivity (Wildman–Crippen MR) is 177 cm³/mol. The number of ether oxygens (including phenoxy) is 2. The van der Waals surface area contributed by atoms with Crippen LogP contribution in [0.5, 0.6) is 0 Å². The summed E-state index contributed by atoms with van der Waals surface area (Å²) >= 11 is 6.35. The summed E-state index contributed by atoms with van der Waals surface area (Å²) in [7, 11) is 0. The Balaban J connectivity index is 1.37. The Hall–Kier alpha value is -6.59. The van der Waals surface area contributed by atoms with E-state index < -0.39 is 82.3 Å². The van der Waals surface area contributed by atoms with Gasteiger partial charge >= 0.3 is 11.9 Å². The molecule has 278 valence electrons. The van der Waals surface area contributed by atoms with Crippen LogP contribution in [0.2, 0.25) is 0 Å². The molecule has 4 rings (SSSR count). The number of nitrogens with one attached hydrogen (secondary N) is 2. The van der Waals surface area contributed by atoms with Gasteiger partial charge in [-0.3, -0.25) is 44.2 Å². The fraction of sp³-hybridized carbons (Fsp3) is 0.241. The van der Waals surface area contributed by atoms with Gasteiger partial charge in [0.05, 0.1) is 9.85 Å². The van der Waals surface area contributed by atoms with Crippen LogP contribution in [0.25, 0.3) is 0 Å². The molecule has 1 aromatic heterocycles. The van der Waals surface area contributed by atoms with Gasteiger partial charge in [0.2, 0.25) is 18.4 Å². The lowest BCUT2D eigenvalue weighted by Crippen LogP contribution is -2.74. The molecule has 2 heterocycles. The SMILES string of the molecule is NC(=O)[C@@H]1[C@H](NC(=O)/C(=N\OCC(=O)OCc2ccc([N+](=O)[O-])cc2)c2csc(NC(=O)CCl)n2)C(=O)N1OCC(=O)OCc1ccc([N+](=O)[O-])cc1. The number of nitrogens with two attached hydrogens (primary N) is 1. The zero-order chi connectivity index (χ0) is 38.7. The van der Waals surface area contributed by atoms with Crippen LogP contribution in [0.3, 0.4) is 0 Å². The first-order valence-electron chi connectivity index (χ1n) is 14.6. The molecule has 22 nitrogen and oxygen atoms in total. The third-order valence-corrected chi connectivity index (χ3v) is 7.71. The number of hydroxylamine groups is 2. The summed E-state index contributed by atoms with van der Waals surface area (Å²) in [6, 6.07) is 7.09. The molecule has 1 aliphatic heterocycles. The monoisotopic (exact) mass is 776 g/mol. The molecule has 1 saturated heterocycles. The van der Waals surface area contributed by atoms with Crippen molar-refractivity contribution < 1.29 is 57.8 Å². The first kappa shape index (κ1) is 39.2. The van der Waals surface area contributed by atoms with Crippen LogP contribution in [-0.4, -0.2) is 92.4 Å². The zero-order valence-electron chi connectivity index (χ0n) is 26.7. The number of nitrogens with zero attached hydrogens (tertiary/aromatic N) is 5. The van der Waals surface area contributed by atoms with Crippen LogP contribution in [0, 0.1) is 20.2 Å². The fourth-order valence-corrected chi connectivity index (χ4v) is 4.92. The Kier molecular flexibility index (Phi) is 13.4. The molecule has 53 heavy (non-hydrogen) atoms. The van der Waals surface area contributed by atoms with E-state index >= 15 is 0 Å². The number of nitro benzene ring substituents is 2. The van der Waals surface area contributed by atoms with E-state index in [1.165, 1.54) is 53.9 Å². The quantitative estimate of drug-likeness (QED) is 0.0395. The number of alkyl halides is 1. The number of primary amides is 1. The van der Waals surface area contributed by atoms with Crippen molar-refractivity contribution in [1.29, 1.82) is 0 Å². The molecule has 4 amide bonds. The topological polar surface area (TPSA) is 304 Å². The first-order valence-corrected chi connectivity index (χ1v) is 16.0. The lowest BCUT2D eigenvalue weighted by atomic mass is 9.97. The van der Waals surface area contributed by atoms with Crippen molar-refractivity contribution in [2.24, 2.45) is 10.9 Å². The van der Waals surface area contributed by atoms with E-state index in [1.54, 1.807) is 0 Å². The number of hydrogen-bond donors (Lipinski definition) is 3. The standard InChI is InChI=1S/C29H25ClN8O14S/c30-9-20(39)33-29-32-19(14-53-29)23(35-51-12-21(40)49-10-15-1-5-17(6-2-15)37(45)46)27(43)34-24-25(26(31)42)36(28(24)44)52-13-22(41)50-11-16-3-7-18(8-4-16)38(47)48/h1-8,14,24-25H,9-13H2,(H2,31,42)(H,34,43)(H,32,33,39)/b35-23-/t24-,25-/m0/s1. The number of carbonyl (C=O) groups is 6. The van der Waals surface area contributed by atoms with Crippen molar-refractivity contribution in [3.8, 4) is 0 Å². The van der Waals surface area contributed by atoms with E-state index in [1.807, 2.05) is 0 Å². The van der Waals surface area contributed by atoms with Gasteiger partial charge in [-0.2, -0.15) is 0 Å². The van der Waals surface area contributed by atoms with Crippen LogP contribution < -0.4 is 16.4 Å². The number of anilines is 1. The highest BCUT2D eigenvalue weighted by atomic mass is 35.5. The molecule has 1 aliphatic rings. The number of amides is 4. The summed E-state index contributed by atoms with van der Waals surface area (Å²) in [5, 5.41) is 31.6. The second kappa shape index (κ2) is 18.1. The normalized spacial score (nSPS) is 15.1. The minimum Gasteiger partial charge on any atom is -0.459 e. The molecule has 0 bridgehead atoms. The first-order chi connectivity index (χ1) is 25.3. The molecule has 3 aromatic rings. The number of rotatable bonds is 18. The Bertz CT molecular complexity index is 1940. The summed E-state index contributed by atoms with van der Waals surface area (Å²) in [6.07, 6.45) is 0. The van der Waals surface area contributed by atoms with Crippen LogP contribution in [0.4, 0.5) is 16.5 Å². The Morgan fingerprint density at radius 1 is 0.925 bits per heavy atom. The average molecular weight is 777 g/mol. The summed E-state index contributed by atoms with van der Waals surface area (Å²) in [5.41, 5.74) is 5.09. The van der Waals surface area contributed by atoms with E-state index in [0.717, 1.165) is 11.3 Å². The van der Waals surface area contributed by atoms with Crippen LogP contribution in [0.1, 0.15) is 16.8 Å². The molecule has 24 heteroatoms. The van der Waals surface area contributed by atoms with Gasteiger partial charge in [0.15, 0.2) is 23.5 Å². The van der Waals surface area contributed by atoms with Gasteiger partial charge in [0.1, 0.15) is 30.8 Å². The van der Waals surface area contributed by atoms with Gasteiger partial charge < -0.3 is 30.7 Å². The second-order valence-electron chi connectivity index (χ2n) is 10.3. The highest BCUT2D eigenvalue weighted by molar-refractivity contribution is 7.14. The molecular weight excluding hydrogens is 752 g/mol. The fourth-order valence-electron chi connectivity index (χ4n) is 4.14. The molecule has 0 aliphatic carbocycles. The van der Waals surface area contributed by atoms with Crippen molar-refractivity contribution in [3.05, 3.63) is 91.0 Å². The lowest BCUT2D eigenvalue weighted by Gasteiger charge is -2.43. The van der Waals surface area contributed by atoms with Gasteiger partial charge in [-0.25, -0.2) is 19.6 Å². The smallest absolute Gasteiger partial charge is 0.347 e. The van der Waals surface area contributed by atoms with E-state index in [0.29, 0.717) is 16.2 Å². The third-order valence-electron chi connectivity index (χ3n) is 6.71. The van der Waals surface area contributed by atoms with E-state index in [9.17, 15) is 49.0 Å². The molecule has 2 aromatic carbocycles. The van der Waals surface area contributed by atoms with E-state index in [2.05, 4.69) is 20.8 Å². The molecule has 4 N–H and O–H groups in total. The second-order valence-corrected chi connectivity index (χ2v) is 11.5. The number of thiazole rings is 1. The van der Waals surface area contributed by atoms with Crippen LogP contribution in [-0.2, 0) is 61.1 Å². The van der Waals surface area contributed by atoms with E-state index in [4.69, 9.17) is 36.5 Å². The number of nitro groups is 2. The van der Waals surface area contributed by atoms with Crippen molar-refractivity contribution >= 4 is 80.7 Å². The Labute approximate surface area is 305 Å². The summed E-state index contributed by atoms with van der Waals surface area (Å²) in [5.74, 6) is -6.27. The number of hydrogen-bond acceptors (Lipinski definition) is 17. The van der Waals surface area contributed by atoms with Crippen LogP contribution >= 0.6 is 22.9 Å². The lowest BCUT2D eigenvalue weighted by molar-refractivity contribution is -0.385. The number of benzene rings is 2. The maximum atomic E-state index is 13.4. The van der Waals surface area contributed by atoms with Gasteiger partial charge in [0.25, 0.3) is 23.2 Å². The van der Waals surface area contributed by atoms with E-state index in [-0.39, 0.29) is 35.4 Å². The molecule has 0 unspecified atom stereocenters. The predicted octanol–water partition coefficient (Wildman–Crippen LogP) is 0.457. The molecule has 2 atom stereocenters. The molecular formula is C29H25ClN8O14S. The maximum Gasteiger partial charge on any atom is 0.347 e. The number of halogens is 1. The zero-order valence-corrected chi connectivity index (χ0v) is 28.3. The van der Waals surface area contributed by atoms with Crippen molar-refractivity contribution in [1.82, 2.24) is 15.4 Å². The highest BCUT2D eigenvalue weighted by Gasteiger charge is 2.53. The van der Waals surface area contributed by atoms with Crippen LogP contribution in [0.15, 0.2) is 59.1 Å². The number of carbonyl (C=O) groups excluding carboxylic acids is 6. The molecule has 0 spiro atoms. The number of β-lactam (4-membered cyclic amide) rings is 1. The number of oxime groups is 1.